The van der Waals surface area contributed by atoms with Crippen LogP contribution in [0, 0.1) is 5.82 Å². The van der Waals surface area contributed by atoms with Gasteiger partial charge in [0, 0.05) is 13.2 Å². The van der Waals surface area contributed by atoms with Crippen LogP contribution in [-0.4, -0.2) is 38.9 Å². The lowest BCUT2D eigenvalue weighted by molar-refractivity contribution is 0.0223. The lowest BCUT2D eigenvalue weighted by atomic mass is 9.93. The second-order valence-electron chi connectivity index (χ2n) is 4.73. The first-order chi connectivity index (χ1) is 9.38. The Morgan fingerprint density at radius 1 is 1.40 bits per heavy atom. The van der Waals surface area contributed by atoms with E-state index in [2.05, 4.69) is 4.72 Å². The molecule has 2 N–H and O–H groups in total. The fourth-order valence-corrected chi connectivity index (χ4v) is 4.07. The predicted molar refractivity (Wildman–Crippen MR) is 71.6 cm³/mol. The van der Waals surface area contributed by atoms with Crippen molar-refractivity contribution < 1.29 is 22.7 Å². The molecule has 0 bridgehead atoms. The van der Waals surface area contributed by atoms with Gasteiger partial charge in [0.1, 0.15) is 10.7 Å². The molecule has 5 nitrogen and oxygen atoms in total. The standard InChI is InChI=1S/C12H15ClFNO4S/c13-10-7-9(14)1-2-11(10)20(17,18)15-12(8-16)3-5-19-6-4-12/h1-2,7,15-16H,3-6,8H2. The first-order valence-electron chi connectivity index (χ1n) is 6.06. The quantitative estimate of drug-likeness (QED) is 0.875. The SMILES string of the molecule is O=S(=O)(NC1(CO)CCOCC1)c1ccc(F)cc1Cl. The fourth-order valence-electron chi connectivity index (χ4n) is 2.09. The molecular weight excluding hydrogens is 309 g/mol. The van der Waals surface area contributed by atoms with E-state index in [1.165, 1.54) is 0 Å². The Labute approximate surface area is 121 Å². The number of hydrogen-bond acceptors (Lipinski definition) is 4. The van der Waals surface area contributed by atoms with Crippen LogP contribution >= 0.6 is 11.6 Å². The normalized spacial score (nSPS) is 18.9. The molecule has 1 heterocycles. The lowest BCUT2D eigenvalue weighted by Crippen LogP contribution is -2.54. The highest BCUT2D eigenvalue weighted by Crippen LogP contribution is 2.27. The summed E-state index contributed by atoms with van der Waals surface area (Å²) in [6.07, 6.45) is 0.725. The summed E-state index contributed by atoms with van der Waals surface area (Å²) in [7, 11) is -3.94. The molecule has 0 aromatic heterocycles. The van der Waals surface area contributed by atoms with Crippen LogP contribution in [0.3, 0.4) is 0 Å². The van der Waals surface area contributed by atoms with Crippen molar-refractivity contribution in [2.24, 2.45) is 0 Å². The van der Waals surface area contributed by atoms with Crippen LogP contribution in [-0.2, 0) is 14.8 Å². The van der Waals surface area contributed by atoms with Crippen LogP contribution in [0.4, 0.5) is 4.39 Å². The summed E-state index contributed by atoms with van der Waals surface area (Å²) in [5, 5.41) is 9.29. The van der Waals surface area contributed by atoms with Crippen LogP contribution in [0.2, 0.25) is 5.02 Å². The zero-order chi connectivity index (χ0) is 14.8. The molecular formula is C12H15ClFNO4S. The zero-order valence-corrected chi connectivity index (χ0v) is 12.2. The molecule has 1 aromatic rings. The van der Waals surface area contributed by atoms with Gasteiger partial charge in [-0.1, -0.05) is 11.6 Å². The van der Waals surface area contributed by atoms with E-state index >= 15 is 0 Å². The minimum Gasteiger partial charge on any atom is -0.394 e. The summed E-state index contributed by atoms with van der Waals surface area (Å²) in [6, 6.07) is 3.06. The lowest BCUT2D eigenvalue weighted by Gasteiger charge is -2.35. The highest BCUT2D eigenvalue weighted by Gasteiger charge is 2.37. The molecule has 1 aliphatic rings. The molecule has 1 saturated heterocycles. The molecule has 112 valence electrons. The Hall–Kier alpha value is -0.730. The highest BCUT2D eigenvalue weighted by molar-refractivity contribution is 7.89. The van der Waals surface area contributed by atoms with Crippen molar-refractivity contribution in [3.05, 3.63) is 29.0 Å². The van der Waals surface area contributed by atoms with Crippen molar-refractivity contribution in [3.8, 4) is 0 Å². The van der Waals surface area contributed by atoms with Gasteiger partial charge < -0.3 is 9.84 Å². The highest BCUT2D eigenvalue weighted by atomic mass is 35.5. The molecule has 2 rings (SSSR count). The Balaban J connectivity index is 2.30. The molecule has 0 unspecified atom stereocenters. The maximum absolute atomic E-state index is 13.0. The Morgan fingerprint density at radius 2 is 2.05 bits per heavy atom. The van der Waals surface area contributed by atoms with E-state index < -0.39 is 21.4 Å². The van der Waals surface area contributed by atoms with Crippen molar-refractivity contribution >= 4 is 21.6 Å². The summed E-state index contributed by atoms with van der Waals surface area (Å²) >= 11 is 5.77. The number of rotatable bonds is 4. The Morgan fingerprint density at radius 3 is 2.60 bits per heavy atom. The van der Waals surface area contributed by atoms with Crippen molar-refractivity contribution in [1.82, 2.24) is 4.72 Å². The van der Waals surface area contributed by atoms with Crippen molar-refractivity contribution in [1.29, 1.82) is 0 Å². The third-order valence-electron chi connectivity index (χ3n) is 3.29. The molecule has 0 radical (unpaired) electrons. The first-order valence-corrected chi connectivity index (χ1v) is 7.92. The van der Waals surface area contributed by atoms with Crippen molar-refractivity contribution in [2.45, 2.75) is 23.3 Å². The van der Waals surface area contributed by atoms with E-state index in [0.29, 0.717) is 26.1 Å². The number of sulfonamides is 1. The van der Waals surface area contributed by atoms with Gasteiger partial charge in [-0.25, -0.2) is 17.5 Å². The maximum Gasteiger partial charge on any atom is 0.242 e. The molecule has 0 aliphatic carbocycles. The third-order valence-corrected chi connectivity index (χ3v) is 5.35. The van der Waals surface area contributed by atoms with Crippen LogP contribution in [0.5, 0.6) is 0 Å². The molecule has 0 amide bonds. The minimum absolute atomic E-state index is 0.197. The summed E-state index contributed by atoms with van der Waals surface area (Å²) < 4.78 is 45.3. The topological polar surface area (TPSA) is 75.6 Å². The number of nitrogens with one attached hydrogen (secondary N) is 1. The zero-order valence-electron chi connectivity index (χ0n) is 10.6. The summed E-state index contributed by atoms with van der Waals surface area (Å²) in [4.78, 5) is -0.208. The van der Waals surface area contributed by atoms with Crippen LogP contribution < -0.4 is 4.72 Å². The fraction of sp³-hybridized carbons (Fsp3) is 0.500. The first kappa shape index (κ1) is 15.7. The maximum atomic E-state index is 13.0. The van der Waals surface area contributed by atoms with E-state index in [1.807, 2.05) is 0 Å². The largest absolute Gasteiger partial charge is 0.394 e. The summed E-state index contributed by atoms with van der Waals surface area (Å²) in [6.45, 7) is 0.384. The average Bonchev–Trinajstić information content (AvgIpc) is 2.38. The number of benzene rings is 1. The average molecular weight is 324 g/mol. The summed E-state index contributed by atoms with van der Waals surface area (Å²) in [5.74, 6) is -0.614. The predicted octanol–water partition coefficient (Wildman–Crippen LogP) is 1.30. The molecule has 1 fully saturated rings. The van der Waals surface area contributed by atoms with Gasteiger partial charge in [-0.3, -0.25) is 0 Å². The van der Waals surface area contributed by atoms with Gasteiger partial charge in [0.05, 0.1) is 17.2 Å². The number of aliphatic hydroxyl groups is 1. The number of ether oxygens (including phenoxy) is 1. The minimum atomic E-state index is -3.94. The molecule has 1 aromatic carbocycles. The second-order valence-corrected chi connectivity index (χ2v) is 6.79. The monoisotopic (exact) mass is 323 g/mol. The van der Waals surface area contributed by atoms with Crippen molar-refractivity contribution in [2.75, 3.05) is 19.8 Å². The van der Waals surface area contributed by atoms with Crippen molar-refractivity contribution in [3.63, 3.8) is 0 Å². The number of aliphatic hydroxyl groups excluding tert-OH is 1. The Kier molecular flexibility index (Phi) is 4.66. The van der Waals surface area contributed by atoms with E-state index in [0.717, 1.165) is 18.2 Å². The van der Waals surface area contributed by atoms with Gasteiger partial charge in [-0.05, 0) is 31.0 Å². The van der Waals surface area contributed by atoms with Crippen LogP contribution in [0.15, 0.2) is 23.1 Å². The Bertz CT molecular complexity index is 587. The molecule has 1 aliphatic heterocycles. The summed E-state index contributed by atoms with van der Waals surface area (Å²) in [5.41, 5.74) is -0.963. The molecule has 20 heavy (non-hydrogen) atoms. The molecule has 0 spiro atoms. The van der Waals surface area contributed by atoms with Gasteiger partial charge in [-0.2, -0.15) is 0 Å². The third kappa shape index (κ3) is 3.29. The number of hydrogen-bond donors (Lipinski definition) is 2. The van der Waals surface area contributed by atoms with Gasteiger partial charge in [0.15, 0.2) is 0 Å². The second kappa shape index (κ2) is 5.95. The number of halogens is 2. The van der Waals surface area contributed by atoms with Crippen LogP contribution in [0.25, 0.3) is 0 Å². The van der Waals surface area contributed by atoms with E-state index in [4.69, 9.17) is 16.3 Å². The van der Waals surface area contributed by atoms with E-state index in [9.17, 15) is 17.9 Å². The van der Waals surface area contributed by atoms with E-state index in [1.54, 1.807) is 0 Å². The van der Waals surface area contributed by atoms with Crippen LogP contribution in [0.1, 0.15) is 12.8 Å². The molecule has 0 atom stereocenters. The smallest absolute Gasteiger partial charge is 0.242 e. The van der Waals surface area contributed by atoms with E-state index in [-0.39, 0.29) is 16.5 Å². The van der Waals surface area contributed by atoms with Gasteiger partial charge >= 0.3 is 0 Å². The molecule has 0 saturated carbocycles. The van der Waals surface area contributed by atoms with Gasteiger partial charge in [-0.15, -0.1) is 0 Å². The van der Waals surface area contributed by atoms with Gasteiger partial charge in [0.2, 0.25) is 10.0 Å². The van der Waals surface area contributed by atoms with Gasteiger partial charge in [0.25, 0.3) is 0 Å². The molecule has 8 heteroatoms.